The normalized spacial score (nSPS) is 46.4. The highest BCUT2D eigenvalue weighted by Crippen LogP contribution is 2.23. The van der Waals surface area contributed by atoms with E-state index in [0.717, 1.165) is 0 Å². The van der Waals surface area contributed by atoms with Crippen LogP contribution in [0.2, 0.25) is 0 Å². The lowest BCUT2D eigenvalue weighted by Gasteiger charge is -2.40. The van der Waals surface area contributed by atoms with Crippen molar-refractivity contribution in [2.24, 2.45) is 0 Å². The number of hydrogen-bond acceptors (Lipinski definition) is 5. The Morgan fingerprint density at radius 1 is 1.08 bits per heavy atom. The van der Waals surface area contributed by atoms with Crippen molar-refractivity contribution in [3.63, 3.8) is 0 Å². The largest absolute Gasteiger partial charge is 0.388 e. The summed E-state index contributed by atoms with van der Waals surface area (Å²) < 4.78 is 15.0. The lowest BCUT2D eigenvalue weighted by atomic mass is 10.00. The van der Waals surface area contributed by atoms with Gasteiger partial charge in [0.15, 0.2) is 6.29 Å². The third kappa shape index (κ3) is 2.00. The zero-order valence-electron chi connectivity index (χ0n) is 8.01. The molecule has 1 heterocycles. The molecule has 5 heteroatoms. The lowest BCUT2D eigenvalue weighted by molar-refractivity contribution is -0.287. The predicted molar refractivity (Wildman–Crippen MR) is 44.2 cm³/mol. The van der Waals surface area contributed by atoms with Crippen molar-refractivity contribution in [3.8, 4) is 0 Å². The molecule has 5 atom stereocenters. The molecule has 1 fully saturated rings. The molecule has 0 aliphatic carbocycles. The summed E-state index contributed by atoms with van der Waals surface area (Å²) in [7, 11) is 2.90. The molecule has 1 rings (SSSR count). The predicted octanol–water partition coefficient (Wildman–Crippen LogP) is -0.886. The van der Waals surface area contributed by atoms with Crippen molar-refractivity contribution in [2.45, 2.75) is 37.6 Å². The minimum atomic E-state index is -1.05. The molecule has 0 aromatic rings. The van der Waals surface area contributed by atoms with E-state index in [4.69, 9.17) is 14.2 Å². The number of methoxy groups -OCH3 is 2. The Morgan fingerprint density at radius 2 is 1.62 bits per heavy atom. The second-order valence-corrected chi connectivity index (χ2v) is 3.12. The Balaban J connectivity index is 2.71. The fourth-order valence-electron chi connectivity index (χ4n) is 1.53. The number of aliphatic hydroxyl groups is 2. The van der Waals surface area contributed by atoms with Crippen LogP contribution in [0.3, 0.4) is 0 Å². The van der Waals surface area contributed by atoms with Crippen LogP contribution in [-0.4, -0.2) is 55.1 Å². The van der Waals surface area contributed by atoms with Gasteiger partial charge in [-0.05, 0) is 6.92 Å². The first-order valence-corrected chi connectivity index (χ1v) is 4.19. The third-order valence-electron chi connectivity index (χ3n) is 2.32. The van der Waals surface area contributed by atoms with Gasteiger partial charge in [0.2, 0.25) is 0 Å². The Morgan fingerprint density at radius 3 is 2.08 bits per heavy atom. The Hall–Kier alpha value is -0.200. The molecule has 0 spiro atoms. The fraction of sp³-hybridized carbons (Fsp3) is 1.00. The van der Waals surface area contributed by atoms with Crippen LogP contribution in [-0.2, 0) is 14.2 Å². The maximum atomic E-state index is 9.62. The maximum absolute atomic E-state index is 9.62. The summed E-state index contributed by atoms with van der Waals surface area (Å²) in [5.41, 5.74) is 0. The van der Waals surface area contributed by atoms with Crippen LogP contribution in [0.15, 0.2) is 0 Å². The van der Waals surface area contributed by atoms with Gasteiger partial charge in [-0.2, -0.15) is 0 Å². The van der Waals surface area contributed by atoms with Crippen LogP contribution in [0.5, 0.6) is 0 Å². The van der Waals surface area contributed by atoms with Gasteiger partial charge in [-0.3, -0.25) is 0 Å². The third-order valence-corrected chi connectivity index (χ3v) is 2.32. The maximum Gasteiger partial charge on any atom is 0.184 e. The van der Waals surface area contributed by atoms with E-state index in [1.165, 1.54) is 14.2 Å². The molecule has 0 saturated carbocycles. The summed E-state index contributed by atoms with van der Waals surface area (Å²) in [4.78, 5) is 0. The molecule has 0 amide bonds. The standard InChI is InChI=1S/C8H16O5/c1-4-5(9)6(11-2)7(12-3)8(10)13-4/h4-10H,1-3H3/t4?,5-,6-,7-,8-/m1/s1. The second kappa shape index (κ2) is 4.34. The summed E-state index contributed by atoms with van der Waals surface area (Å²) in [6.07, 6.45) is -3.47. The van der Waals surface area contributed by atoms with Crippen molar-refractivity contribution < 1.29 is 24.4 Å². The molecule has 1 unspecified atom stereocenters. The van der Waals surface area contributed by atoms with Gasteiger partial charge in [-0.15, -0.1) is 0 Å². The Kier molecular flexibility index (Phi) is 3.63. The molecule has 1 aliphatic heterocycles. The fourth-order valence-corrected chi connectivity index (χ4v) is 1.53. The first kappa shape index (κ1) is 10.9. The molecular formula is C8H16O5. The Labute approximate surface area is 77.2 Å². The minimum absolute atomic E-state index is 0.452. The van der Waals surface area contributed by atoms with E-state index < -0.39 is 30.7 Å². The summed E-state index contributed by atoms with van der Waals surface area (Å²) in [5.74, 6) is 0. The van der Waals surface area contributed by atoms with Gasteiger partial charge in [0.05, 0.1) is 6.10 Å². The Bertz CT molecular complexity index is 163. The van der Waals surface area contributed by atoms with Crippen molar-refractivity contribution in [1.29, 1.82) is 0 Å². The van der Waals surface area contributed by atoms with E-state index in [9.17, 15) is 10.2 Å². The minimum Gasteiger partial charge on any atom is -0.388 e. The molecule has 1 aliphatic rings. The van der Waals surface area contributed by atoms with Crippen molar-refractivity contribution in [1.82, 2.24) is 0 Å². The zero-order chi connectivity index (χ0) is 10.0. The summed E-state index contributed by atoms with van der Waals surface area (Å²) in [6, 6.07) is 0. The van der Waals surface area contributed by atoms with E-state index in [1.54, 1.807) is 6.92 Å². The molecule has 1 saturated heterocycles. The molecule has 0 bridgehead atoms. The highest BCUT2D eigenvalue weighted by atomic mass is 16.7. The van der Waals surface area contributed by atoms with Crippen LogP contribution in [0.25, 0.3) is 0 Å². The van der Waals surface area contributed by atoms with Crippen LogP contribution < -0.4 is 0 Å². The summed E-state index contributed by atoms with van der Waals surface area (Å²) >= 11 is 0. The van der Waals surface area contributed by atoms with Crippen molar-refractivity contribution in [2.75, 3.05) is 14.2 Å². The summed E-state index contributed by atoms with van der Waals surface area (Å²) in [5, 5.41) is 19.0. The first-order valence-electron chi connectivity index (χ1n) is 4.19. The van der Waals surface area contributed by atoms with Gasteiger partial charge in [0.25, 0.3) is 0 Å². The molecule has 0 radical (unpaired) electrons. The molecule has 78 valence electrons. The quantitative estimate of drug-likeness (QED) is 0.594. The number of aliphatic hydroxyl groups excluding tert-OH is 2. The van der Waals surface area contributed by atoms with Gasteiger partial charge in [0.1, 0.15) is 18.3 Å². The smallest absolute Gasteiger partial charge is 0.184 e. The van der Waals surface area contributed by atoms with Gasteiger partial charge in [-0.1, -0.05) is 0 Å². The van der Waals surface area contributed by atoms with Crippen molar-refractivity contribution >= 4 is 0 Å². The van der Waals surface area contributed by atoms with E-state index >= 15 is 0 Å². The molecule has 0 aromatic heterocycles. The first-order chi connectivity index (χ1) is 6.11. The van der Waals surface area contributed by atoms with E-state index in [-0.39, 0.29) is 0 Å². The molecular weight excluding hydrogens is 176 g/mol. The average Bonchev–Trinajstić information content (AvgIpc) is 2.10. The molecule has 2 N–H and O–H groups in total. The highest BCUT2D eigenvalue weighted by Gasteiger charge is 2.43. The zero-order valence-corrected chi connectivity index (χ0v) is 8.01. The molecule has 0 aromatic carbocycles. The van der Waals surface area contributed by atoms with Gasteiger partial charge < -0.3 is 24.4 Å². The molecule has 5 nitrogen and oxygen atoms in total. The number of ether oxygens (including phenoxy) is 3. The van der Waals surface area contributed by atoms with Crippen LogP contribution in [0.4, 0.5) is 0 Å². The molecule has 13 heavy (non-hydrogen) atoms. The van der Waals surface area contributed by atoms with Crippen molar-refractivity contribution in [3.05, 3.63) is 0 Å². The highest BCUT2D eigenvalue weighted by molar-refractivity contribution is 4.88. The average molecular weight is 192 g/mol. The topological polar surface area (TPSA) is 68.2 Å². The van der Waals surface area contributed by atoms with E-state index in [0.29, 0.717) is 0 Å². The van der Waals surface area contributed by atoms with Gasteiger partial charge in [-0.25, -0.2) is 0 Å². The van der Waals surface area contributed by atoms with Gasteiger partial charge >= 0.3 is 0 Å². The van der Waals surface area contributed by atoms with E-state index in [2.05, 4.69) is 0 Å². The van der Waals surface area contributed by atoms with Crippen LogP contribution in [0, 0.1) is 0 Å². The SMILES string of the molecule is CO[C@@H]1[C@H](OC)[C@H](O)C(C)O[C@H]1O. The van der Waals surface area contributed by atoms with Gasteiger partial charge in [0, 0.05) is 14.2 Å². The summed E-state index contributed by atoms with van der Waals surface area (Å²) in [6.45, 7) is 1.67. The monoisotopic (exact) mass is 192 g/mol. The van der Waals surface area contributed by atoms with Crippen LogP contribution >= 0.6 is 0 Å². The number of hydrogen-bond donors (Lipinski definition) is 2. The lowest BCUT2D eigenvalue weighted by Crippen LogP contribution is -2.57. The second-order valence-electron chi connectivity index (χ2n) is 3.12. The van der Waals surface area contributed by atoms with E-state index in [1.807, 2.05) is 0 Å². The number of rotatable bonds is 2. The van der Waals surface area contributed by atoms with Crippen LogP contribution in [0.1, 0.15) is 6.92 Å².